The highest BCUT2D eigenvalue weighted by Gasteiger charge is 2.25. The number of thioether (sulfide) groups is 1. The van der Waals surface area contributed by atoms with E-state index in [-0.39, 0.29) is 11.1 Å². The molecule has 0 bridgehead atoms. The molecule has 2 aromatic rings. The number of nitrogens with one attached hydrogen (secondary N) is 1. The van der Waals surface area contributed by atoms with Crippen molar-refractivity contribution < 1.29 is 14.0 Å². The van der Waals surface area contributed by atoms with E-state index in [1.54, 1.807) is 6.08 Å². The lowest BCUT2D eigenvalue weighted by Crippen LogP contribution is -2.28. The fourth-order valence-corrected chi connectivity index (χ4v) is 3.96. The molecule has 0 atom stereocenters. The molecule has 1 aromatic carbocycles. The van der Waals surface area contributed by atoms with E-state index >= 15 is 0 Å². The van der Waals surface area contributed by atoms with Crippen LogP contribution in [-0.4, -0.2) is 49.3 Å². The molecule has 6 nitrogen and oxygen atoms in total. The summed E-state index contributed by atoms with van der Waals surface area (Å²) in [5.74, 6) is 0.917. The van der Waals surface area contributed by atoms with Gasteiger partial charge in [0, 0.05) is 37.0 Å². The van der Waals surface area contributed by atoms with Crippen molar-refractivity contribution in [3.05, 3.63) is 47.1 Å². The molecular weight excluding hydrogens is 362 g/mol. The van der Waals surface area contributed by atoms with Crippen LogP contribution in [0.25, 0.3) is 17.4 Å². The number of furan rings is 1. The van der Waals surface area contributed by atoms with Gasteiger partial charge >= 0.3 is 0 Å². The smallest absolute Gasteiger partial charge is 0.290 e. The Kier molecular flexibility index (Phi) is 5.05. The third-order valence-corrected chi connectivity index (χ3v) is 5.57. The maximum Gasteiger partial charge on any atom is 0.290 e. The number of anilines is 1. The third-order valence-electron chi connectivity index (χ3n) is 4.76. The van der Waals surface area contributed by atoms with Crippen LogP contribution in [0.5, 0.6) is 0 Å². The Balaban J connectivity index is 1.54. The number of rotatable bonds is 3. The van der Waals surface area contributed by atoms with Gasteiger partial charge in [0.1, 0.15) is 11.5 Å². The number of hydrogen-bond acceptors (Lipinski definition) is 6. The number of carbonyl (C=O) groups excluding carboxylic acids is 2. The van der Waals surface area contributed by atoms with Crippen molar-refractivity contribution in [3.8, 4) is 11.3 Å². The summed E-state index contributed by atoms with van der Waals surface area (Å²) in [4.78, 5) is 28.0. The molecule has 140 valence electrons. The van der Waals surface area contributed by atoms with Gasteiger partial charge in [0.2, 0.25) is 0 Å². The van der Waals surface area contributed by atoms with E-state index in [1.807, 2.05) is 24.3 Å². The first-order valence-electron chi connectivity index (χ1n) is 8.97. The minimum absolute atomic E-state index is 0.350. The number of nitrogens with zero attached hydrogens (tertiary/aromatic N) is 2. The highest BCUT2D eigenvalue weighted by atomic mass is 32.2. The molecule has 3 heterocycles. The van der Waals surface area contributed by atoms with Crippen molar-refractivity contribution in [1.29, 1.82) is 0 Å². The monoisotopic (exact) mass is 383 g/mol. The van der Waals surface area contributed by atoms with Crippen LogP contribution >= 0.6 is 11.8 Å². The number of benzene rings is 1. The second kappa shape index (κ2) is 7.62. The quantitative estimate of drug-likeness (QED) is 0.820. The molecule has 0 unspecified atom stereocenters. The van der Waals surface area contributed by atoms with Gasteiger partial charge in [-0.25, -0.2) is 0 Å². The van der Waals surface area contributed by atoms with E-state index in [4.69, 9.17) is 4.42 Å². The molecule has 1 aromatic heterocycles. The normalized spacial score (nSPS) is 20.2. The second-order valence-corrected chi connectivity index (χ2v) is 7.76. The zero-order chi connectivity index (χ0) is 18.8. The lowest BCUT2D eigenvalue weighted by atomic mass is 10.1. The summed E-state index contributed by atoms with van der Waals surface area (Å²) in [5.41, 5.74) is 2.18. The lowest BCUT2D eigenvalue weighted by Gasteiger charge is -2.23. The van der Waals surface area contributed by atoms with Crippen molar-refractivity contribution in [3.63, 3.8) is 0 Å². The van der Waals surface area contributed by atoms with Gasteiger partial charge < -0.3 is 14.2 Å². The highest BCUT2D eigenvalue weighted by molar-refractivity contribution is 8.18. The maximum atomic E-state index is 11.7. The average molecular weight is 383 g/mol. The van der Waals surface area contributed by atoms with Gasteiger partial charge in [-0.1, -0.05) is 12.1 Å². The van der Waals surface area contributed by atoms with E-state index in [2.05, 4.69) is 34.3 Å². The third kappa shape index (κ3) is 4.09. The van der Waals surface area contributed by atoms with Crippen molar-refractivity contribution in [2.45, 2.75) is 6.42 Å². The van der Waals surface area contributed by atoms with Crippen LogP contribution in [0.1, 0.15) is 12.2 Å². The van der Waals surface area contributed by atoms with Gasteiger partial charge in [-0.2, -0.15) is 0 Å². The summed E-state index contributed by atoms with van der Waals surface area (Å²) in [6, 6.07) is 12.0. The van der Waals surface area contributed by atoms with Crippen molar-refractivity contribution in [1.82, 2.24) is 10.2 Å². The van der Waals surface area contributed by atoms with E-state index in [0.717, 1.165) is 55.7 Å². The van der Waals surface area contributed by atoms with Crippen molar-refractivity contribution >= 4 is 34.7 Å². The first kappa shape index (κ1) is 17.9. The number of hydrogen-bond donors (Lipinski definition) is 1. The van der Waals surface area contributed by atoms with E-state index in [1.165, 1.54) is 5.69 Å². The fraction of sp³-hybridized carbons (Fsp3) is 0.300. The number of carbonyl (C=O) groups is 2. The van der Waals surface area contributed by atoms with Gasteiger partial charge in [-0.05, 0) is 56.0 Å². The van der Waals surface area contributed by atoms with Crippen LogP contribution in [0.4, 0.5) is 10.5 Å². The zero-order valence-electron chi connectivity index (χ0n) is 15.1. The van der Waals surface area contributed by atoms with E-state index in [9.17, 15) is 9.59 Å². The molecule has 1 N–H and O–H groups in total. The Hall–Kier alpha value is -2.51. The van der Waals surface area contributed by atoms with Crippen LogP contribution in [0.3, 0.4) is 0 Å². The van der Waals surface area contributed by atoms with Crippen LogP contribution in [0, 0.1) is 0 Å². The fourth-order valence-electron chi connectivity index (χ4n) is 3.30. The highest BCUT2D eigenvalue weighted by Crippen LogP contribution is 2.30. The summed E-state index contributed by atoms with van der Waals surface area (Å²) in [7, 11) is 2.16. The first-order valence-corrected chi connectivity index (χ1v) is 9.79. The molecule has 2 saturated heterocycles. The Morgan fingerprint density at radius 1 is 1.11 bits per heavy atom. The summed E-state index contributed by atoms with van der Waals surface area (Å²) < 4.78 is 5.89. The molecule has 2 fully saturated rings. The largest absolute Gasteiger partial charge is 0.457 e. The van der Waals surface area contributed by atoms with Gasteiger partial charge in [0.15, 0.2) is 0 Å². The zero-order valence-corrected chi connectivity index (χ0v) is 15.9. The number of imide groups is 1. The molecule has 4 rings (SSSR count). The van der Waals surface area contributed by atoms with Gasteiger partial charge in [0.05, 0.1) is 4.91 Å². The minimum Gasteiger partial charge on any atom is -0.457 e. The van der Waals surface area contributed by atoms with Crippen LogP contribution < -0.4 is 10.2 Å². The molecule has 0 saturated carbocycles. The number of amides is 2. The summed E-state index contributed by atoms with van der Waals surface area (Å²) in [6.45, 7) is 4.24. The second-order valence-electron chi connectivity index (χ2n) is 6.75. The molecular formula is C20H21N3O3S. The molecule has 0 aliphatic carbocycles. The Morgan fingerprint density at radius 2 is 2.00 bits per heavy atom. The van der Waals surface area contributed by atoms with Gasteiger partial charge in [0.25, 0.3) is 11.1 Å². The first-order chi connectivity index (χ1) is 13.1. The Labute approximate surface area is 162 Å². The standard InChI is InChI=1S/C20H21N3O3S/c1-22-8-3-9-23(11-10-22)15-5-2-4-14(12-15)17-7-6-16(26-17)13-18-19(24)21-20(25)27-18/h2,4-7,12-13H,3,8-11H2,1H3,(H,21,24,25)/b18-13-. The predicted octanol–water partition coefficient (Wildman–Crippen LogP) is 3.41. The van der Waals surface area contributed by atoms with Crippen LogP contribution in [0.2, 0.25) is 0 Å². The lowest BCUT2D eigenvalue weighted by molar-refractivity contribution is -0.115. The minimum atomic E-state index is -0.379. The van der Waals surface area contributed by atoms with Crippen molar-refractivity contribution in [2.75, 3.05) is 38.1 Å². The van der Waals surface area contributed by atoms with Crippen LogP contribution in [-0.2, 0) is 4.79 Å². The molecule has 27 heavy (non-hydrogen) atoms. The molecule has 0 spiro atoms. The van der Waals surface area contributed by atoms with Gasteiger partial charge in [-0.15, -0.1) is 0 Å². The van der Waals surface area contributed by atoms with E-state index < -0.39 is 0 Å². The summed E-state index contributed by atoms with van der Waals surface area (Å²) in [5, 5.41) is 1.89. The van der Waals surface area contributed by atoms with E-state index in [0.29, 0.717) is 10.7 Å². The topological polar surface area (TPSA) is 65.8 Å². The predicted molar refractivity (Wildman–Crippen MR) is 108 cm³/mol. The van der Waals surface area contributed by atoms with Crippen molar-refractivity contribution in [2.24, 2.45) is 0 Å². The Morgan fingerprint density at radius 3 is 2.81 bits per heavy atom. The maximum absolute atomic E-state index is 11.7. The Bertz CT molecular complexity index is 905. The summed E-state index contributed by atoms with van der Waals surface area (Å²) in [6.07, 6.45) is 2.75. The van der Waals surface area contributed by atoms with Crippen LogP contribution in [0.15, 0.2) is 45.7 Å². The molecule has 2 aliphatic rings. The number of likely N-dealkylation sites (N-methyl/N-ethyl adjacent to an activating group) is 1. The SMILES string of the molecule is CN1CCCN(c2cccc(-c3ccc(/C=C4\SC(=O)NC4=O)o3)c2)CC1. The van der Waals surface area contributed by atoms with Gasteiger partial charge in [-0.3, -0.25) is 14.9 Å². The molecule has 2 aliphatic heterocycles. The summed E-state index contributed by atoms with van der Waals surface area (Å²) >= 11 is 0.888. The average Bonchev–Trinajstić information content (AvgIpc) is 3.17. The molecule has 2 amide bonds. The molecule has 7 heteroatoms. The molecule has 0 radical (unpaired) electrons.